The zero-order valence-electron chi connectivity index (χ0n) is 20.9. The summed E-state index contributed by atoms with van der Waals surface area (Å²) in [6.07, 6.45) is 1.76. The molecule has 2 heterocycles. The van der Waals surface area contributed by atoms with E-state index in [0.717, 1.165) is 39.7 Å². The fraction of sp³-hybridized carbons (Fsp3) is 0.207. The van der Waals surface area contributed by atoms with Gasteiger partial charge < -0.3 is 20.4 Å². The number of rotatable bonds is 6. The number of carbonyl (C=O) groups is 1. The number of carbonyl (C=O) groups excluding carboxylic acids is 1. The molecule has 1 atom stereocenters. The first kappa shape index (κ1) is 23.4. The highest BCUT2D eigenvalue weighted by molar-refractivity contribution is 6.05. The molecule has 0 aliphatic carbocycles. The summed E-state index contributed by atoms with van der Waals surface area (Å²) >= 11 is 0. The topological polar surface area (TPSA) is 73.4 Å². The monoisotopic (exact) mass is 478 g/mol. The van der Waals surface area contributed by atoms with Gasteiger partial charge in [0, 0.05) is 41.9 Å². The van der Waals surface area contributed by atoms with E-state index < -0.39 is 0 Å². The molecule has 0 fully saturated rings. The van der Waals surface area contributed by atoms with Crippen molar-refractivity contribution in [1.29, 1.82) is 0 Å². The van der Waals surface area contributed by atoms with Gasteiger partial charge in [0.2, 0.25) is 11.9 Å². The van der Waals surface area contributed by atoms with Crippen molar-refractivity contribution in [3.8, 4) is 11.3 Å². The van der Waals surface area contributed by atoms with Gasteiger partial charge in [-0.15, -0.1) is 0 Å². The molecule has 182 valence electrons. The van der Waals surface area contributed by atoms with Crippen LogP contribution in [0.5, 0.6) is 0 Å². The number of hydrogen-bond donors (Lipinski definition) is 2. The van der Waals surface area contributed by atoms with Gasteiger partial charge in [-0.1, -0.05) is 30.3 Å². The molecule has 1 aliphatic heterocycles. The Bertz CT molecular complexity index is 1390. The Balaban J connectivity index is 1.41. The fourth-order valence-electron chi connectivity index (χ4n) is 4.70. The van der Waals surface area contributed by atoms with E-state index in [1.54, 1.807) is 11.1 Å². The number of fused-ring (bicyclic) bond motifs is 1. The third-order valence-electron chi connectivity index (χ3n) is 6.41. The number of para-hydroxylation sites is 1. The SMILES string of the molecule is CC(C)N1c2cc(Nc3nccc(-c4cccc(Nc5ccccc5)c4)n3)ccc2N(C)C(=O)C1C. The smallest absolute Gasteiger partial charge is 0.249 e. The maximum absolute atomic E-state index is 12.7. The van der Waals surface area contributed by atoms with E-state index in [4.69, 9.17) is 4.98 Å². The average Bonchev–Trinajstić information content (AvgIpc) is 2.88. The predicted molar refractivity (Wildman–Crippen MR) is 147 cm³/mol. The standard InChI is InChI=1S/C29H30N6O/c1-19(2)35-20(3)28(36)34(4)26-14-13-24(18-27(26)35)32-29-30-16-15-25(33-29)21-9-8-12-23(17-21)31-22-10-6-5-7-11-22/h5-20,31H,1-4H3,(H,30,32,33). The lowest BCUT2D eigenvalue weighted by atomic mass is 10.0. The Morgan fingerprint density at radius 3 is 2.36 bits per heavy atom. The summed E-state index contributed by atoms with van der Waals surface area (Å²) in [5.41, 5.74) is 6.62. The van der Waals surface area contributed by atoms with Crippen LogP contribution >= 0.6 is 0 Å². The molecular formula is C29H30N6O. The Kier molecular flexibility index (Phi) is 6.29. The van der Waals surface area contributed by atoms with Crippen LogP contribution in [-0.2, 0) is 4.79 Å². The summed E-state index contributed by atoms with van der Waals surface area (Å²) in [4.78, 5) is 25.8. The zero-order chi connectivity index (χ0) is 25.2. The van der Waals surface area contributed by atoms with Gasteiger partial charge >= 0.3 is 0 Å². The normalized spacial score (nSPS) is 15.1. The lowest BCUT2D eigenvalue weighted by Gasteiger charge is -2.42. The van der Waals surface area contributed by atoms with Gasteiger partial charge in [-0.3, -0.25) is 4.79 Å². The van der Waals surface area contributed by atoms with Crippen molar-refractivity contribution in [2.24, 2.45) is 0 Å². The molecule has 4 aromatic rings. The van der Waals surface area contributed by atoms with Gasteiger partial charge in [-0.05, 0) is 69.3 Å². The summed E-state index contributed by atoms with van der Waals surface area (Å²) < 4.78 is 0. The van der Waals surface area contributed by atoms with Crippen LogP contribution in [0.25, 0.3) is 11.3 Å². The predicted octanol–water partition coefficient (Wildman–Crippen LogP) is 6.21. The summed E-state index contributed by atoms with van der Waals surface area (Å²) in [6.45, 7) is 6.16. The Morgan fingerprint density at radius 2 is 1.58 bits per heavy atom. The highest BCUT2D eigenvalue weighted by Gasteiger charge is 2.34. The molecular weight excluding hydrogens is 448 g/mol. The second-order valence-corrected chi connectivity index (χ2v) is 9.24. The van der Waals surface area contributed by atoms with Crippen LogP contribution in [-0.4, -0.2) is 35.0 Å². The van der Waals surface area contributed by atoms with Crippen molar-refractivity contribution in [2.45, 2.75) is 32.9 Å². The number of anilines is 6. The van der Waals surface area contributed by atoms with E-state index in [1.807, 2.05) is 80.7 Å². The van der Waals surface area contributed by atoms with E-state index in [0.29, 0.717) is 5.95 Å². The van der Waals surface area contributed by atoms with Gasteiger partial charge in [-0.25, -0.2) is 9.97 Å². The Hall–Kier alpha value is -4.39. The van der Waals surface area contributed by atoms with E-state index in [9.17, 15) is 4.79 Å². The first-order valence-corrected chi connectivity index (χ1v) is 12.1. The van der Waals surface area contributed by atoms with Gasteiger partial charge in [0.05, 0.1) is 17.1 Å². The van der Waals surface area contributed by atoms with Gasteiger partial charge in [0.15, 0.2) is 0 Å². The number of nitrogens with zero attached hydrogens (tertiary/aromatic N) is 4. The molecule has 0 saturated carbocycles. The summed E-state index contributed by atoms with van der Waals surface area (Å²) in [5.74, 6) is 0.607. The molecule has 7 nitrogen and oxygen atoms in total. The van der Waals surface area contributed by atoms with E-state index in [-0.39, 0.29) is 18.0 Å². The molecule has 1 aliphatic rings. The largest absolute Gasteiger partial charge is 0.356 e. The van der Waals surface area contributed by atoms with Crippen LogP contribution in [0.4, 0.5) is 34.4 Å². The minimum atomic E-state index is -0.228. The molecule has 5 rings (SSSR count). The van der Waals surface area contributed by atoms with Crippen molar-refractivity contribution in [1.82, 2.24) is 9.97 Å². The molecule has 0 saturated heterocycles. The molecule has 1 amide bonds. The van der Waals surface area contributed by atoms with Crippen molar-refractivity contribution >= 4 is 40.3 Å². The van der Waals surface area contributed by atoms with Gasteiger partial charge in [-0.2, -0.15) is 0 Å². The molecule has 0 radical (unpaired) electrons. The average molecular weight is 479 g/mol. The third-order valence-corrected chi connectivity index (χ3v) is 6.41. The van der Waals surface area contributed by atoms with Crippen LogP contribution in [0.15, 0.2) is 85.1 Å². The lowest BCUT2D eigenvalue weighted by molar-refractivity contribution is -0.119. The highest BCUT2D eigenvalue weighted by Crippen LogP contribution is 2.39. The molecule has 0 bridgehead atoms. The number of amides is 1. The van der Waals surface area contributed by atoms with Gasteiger partial charge in [0.1, 0.15) is 6.04 Å². The van der Waals surface area contributed by atoms with Crippen LogP contribution in [0.2, 0.25) is 0 Å². The van der Waals surface area contributed by atoms with Crippen LogP contribution in [0, 0.1) is 0 Å². The van der Waals surface area contributed by atoms with Crippen LogP contribution < -0.4 is 20.4 Å². The fourth-order valence-corrected chi connectivity index (χ4v) is 4.70. The number of aromatic nitrogens is 2. The number of nitrogens with one attached hydrogen (secondary N) is 2. The molecule has 0 spiro atoms. The van der Waals surface area contributed by atoms with Crippen LogP contribution in [0.1, 0.15) is 20.8 Å². The number of benzene rings is 3. The molecule has 7 heteroatoms. The zero-order valence-corrected chi connectivity index (χ0v) is 20.9. The van der Waals surface area contributed by atoms with E-state index >= 15 is 0 Å². The molecule has 3 aromatic carbocycles. The maximum atomic E-state index is 12.7. The Labute approximate surface area is 211 Å². The summed E-state index contributed by atoms with van der Waals surface area (Å²) in [7, 11) is 1.83. The van der Waals surface area contributed by atoms with Crippen molar-refractivity contribution < 1.29 is 4.79 Å². The van der Waals surface area contributed by atoms with Crippen molar-refractivity contribution in [3.05, 3.63) is 85.1 Å². The third kappa shape index (κ3) is 4.60. The van der Waals surface area contributed by atoms with E-state index in [2.05, 4.69) is 46.5 Å². The highest BCUT2D eigenvalue weighted by atomic mass is 16.2. The van der Waals surface area contributed by atoms with Crippen LogP contribution in [0.3, 0.4) is 0 Å². The van der Waals surface area contributed by atoms with Crippen molar-refractivity contribution in [2.75, 3.05) is 27.5 Å². The second-order valence-electron chi connectivity index (χ2n) is 9.24. The maximum Gasteiger partial charge on any atom is 0.249 e. The van der Waals surface area contributed by atoms with Crippen molar-refractivity contribution in [3.63, 3.8) is 0 Å². The minimum Gasteiger partial charge on any atom is -0.356 e. The summed E-state index contributed by atoms with van der Waals surface area (Å²) in [6, 6.07) is 26.1. The molecule has 1 aromatic heterocycles. The first-order valence-electron chi connectivity index (χ1n) is 12.1. The summed E-state index contributed by atoms with van der Waals surface area (Å²) in [5, 5.41) is 6.78. The Morgan fingerprint density at radius 1 is 0.833 bits per heavy atom. The number of likely N-dealkylation sites (N-methyl/N-ethyl adjacent to an activating group) is 1. The van der Waals surface area contributed by atoms with E-state index in [1.165, 1.54) is 0 Å². The van der Waals surface area contributed by atoms with Gasteiger partial charge in [0.25, 0.3) is 0 Å². The minimum absolute atomic E-state index is 0.0944. The number of hydrogen-bond acceptors (Lipinski definition) is 6. The molecule has 2 N–H and O–H groups in total. The second kappa shape index (κ2) is 9.70. The first-order chi connectivity index (χ1) is 17.4. The molecule has 1 unspecified atom stereocenters. The quantitative estimate of drug-likeness (QED) is 0.343. The lowest BCUT2D eigenvalue weighted by Crippen LogP contribution is -2.53. The molecule has 36 heavy (non-hydrogen) atoms.